The number of amides is 2. The SMILES string of the molecule is Cc1cc(N2C(=O)CCC2=O)c(C)cc1O. The molecule has 0 aliphatic carbocycles. The minimum Gasteiger partial charge on any atom is -0.508 e. The Kier molecular flexibility index (Phi) is 2.42. The zero-order chi connectivity index (χ0) is 11.9. The molecule has 0 unspecified atom stereocenters. The highest BCUT2D eigenvalue weighted by atomic mass is 16.3. The molecule has 0 atom stereocenters. The van der Waals surface area contributed by atoms with Gasteiger partial charge in [-0.3, -0.25) is 14.5 Å². The summed E-state index contributed by atoms with van der Waals surface area (Å²) in [4.78, 5) is 24.4. The fourth-order valence-electron chi connectivity index (χ4n) is 1.87. The molecule has 2 amide bonds. The Morgan fingerprint density at radius 2 is 1.62 bits per heavy atom. The average molecular weight is 219 g/mol. The fraction of sp³-hybridized carbons (Fsp3) is 0.333. The van der Waals surface area contributed by atoms with E-state index in [1.807, 2.05) is 0 Å². The molecular weight excluding hydrogens is 206 g/mol. The van der Waals surface area contributed by atoms with Gasteiger partial charge in [-0.1, -0.05) is 0 Å². The number of carbonyl (C=O) groups excluding carboxylic acids is 2. The van der Waals surface area contributed by atoms with Crippen LogP contribution in [-0.2, 0) is 9.59 Å². The number of aryl methyl sites for hydroxylation is 2. The Balaban J connectivity index is 2.51. The van der Waals surface area contributed by atoms with Gasteiger partial charge in [0.15, 0.2) is 0 Å². The van der Waals surface area contributed by atoms with E-state index in [4.69, 9.17) is 0 Å². The smallest absolute Gasteiger partial charge is 0.234 e. The zero-order valence-corrected chi connectivity index (χ0v) is 9.28. The fourth-order valence-corrected chi connectivity index (χ4v) is 1.87. The molecule has 2 rings (SSSR count). The van der Waals surface area contributed by atoms with Gasteiger partial charge in [0, 0.05) is 12.8 Å². The largest absolute Gasteiger partial charge is 0.508 e. The summed E-state index contributed by atoms with van der Waals surface area (Å²) in [7, 11) is 0. The average Bonchev–Trinajstić information content (AvgIpc) is 2.53. The van der Waals surface area contributed by atoms with Gasteiger partial charge >= 0.3 is 0 Å². The van der Waals surface area contributed by atoms with E-state index < -0.39 is 0 Å². The molecule has 1 heterocycles. The van der Waals surface area contributed by atoms with Gasteiger partial charge in [0.05, 0.1) is 5.69 Å². The van der Waals surface area contributed by atoms with Crippen molar-refractivity contribution in [3.8, 4) is 5.75 Å². The van der Waals surface area contributed by atoms with Crippen LogP contribution in [0.25, 0.3) is 0 Å². The van der Waals surface area contributed by atoms with Gasteiger partial charge in [0.25, 0.3) is 0 Å². The van der Waals surface area contributed by atoms with E-state index in [-0.39, 0.29) is 30.4 Å². The Morgan fingerprint density at radius 3 is 2.19 bits per heavy atom. The zero-order valence-electron chi connectivity index (χ0n) is 9.28. The van der Waals surface area contributed by atoms with Gasteiger partial charge < -0.3 is 5.11 Å². The number of hydrogen-bond donors (Lipinski definition) is 1. The van der Waals surface area contributed by atoms with Crippen molar-refractivity contribution in [3.63, 3.8) is 0 Å². The molecule has 16 heavy (non-hydrogen) atoms. The normalized spacial score (nSPS) is 16.0. The lowest BCUT2D eigenvalue weighted by atomic mass is 10.1. The van der Waals surface area contributed by atoms with E-state index in [9.17, 15) is 14.7 Å². The molecule has 0 aromatic heterocycles. The predicted octanol–water partition coefficient (Wildman–Crippen LogP) is 1.66. The lowest BCUT2D eigenvalue weighted by Gasteiger charge is -2.17. The number of nitrogens with zero attached hydrogens (tertiary/aromatic N) is 1. The summed E-state index contributed by atoms with van der Waals surface area (Å²) in [6.07, 6.45) is 0.552. The van der Waals surface area contributed by atoms with Crippen LogP contribution >= 0.6 is 0 Å². The van der Waals surface area contributed by atoms with Gasteiger partial charge in [-0.15, -0.1) is 0 Å². The highest BCUT2D eigenvalue weighted by Crippen LogP contribution is 2.31. The third-order valence-electron chi connectivity index (χ3n) is 2.81. The summed E-state index contributed by atoms with van der Waals surface area (Å²) in [5.74, 6) is -0.156. The molecule has 0 bridgehead atoms. The molecular formula is C12H13NO3. The molecule has 4 nitrogen and oxygen atoms in total. The number of benzene rings is 1. The first-order valence-electron chi connectivity index (χ1n) is 5.16. The molecule has 1 fully saturated rings. The van der Waals surface area contributed by atoms with E-state index in [0.29, 0.717) is 11.3 Å². The summed E-state index contributed by atoms with van der Waals surface area (Å²) in [5.41, 5.74) is 1.97. The quantitative estimate of drug-likeness (QED) is 0.731. The first-order valence-corrected chi connectivity index (χ1v) is 5.16. The standard InChI is InChI=1S/C12H13NO3/c1-7-6-10(14)8(2)5-9(7)13-11(15)3-4-12(13)16/h5-6,14H,3-4H2,1-2H3. The molecule has 1 aromatic carbocycles. The lowest BCUT2D eigenvalue weighted by molar-refractivity contribution is -0.121. The number of phenolic OH excluding ortho intramolecular Hbond substituents is 1. The van der Waals surface area contributed by atoms with Crippen LogP contribution in [0.4, 0.5) is 5.69 Å². The Bertz CT molecular complexity index is 463. The predicted molar refractivity (Wildman–Crippen MR) is 59.3 cm³/mol. The second-order valence-electron chi connectivity index (χ2n) is 4.05. The summed E-state index contributed by atoms with van der Waals surface area (Å²) in [5, 5.41) is 9.51. The minimum absolute atomic E-state index is 0.168. The third-order valence-corrected chi connectivity index (χ3v) is 2.81. The van der Waals surface area contributed by atoms with Crippen molar-refractivity contribution < 1.29 is 14.7 Å². The highest BCUT2D eigenvalue weighted by Gasteiger charge is 2.31. The first kappa shape index (κ1) is 10.7. The van der Waals surface area contributed by atoms with Crippen LogP contribution in [0.1, 0.15) is 24.0 Å². The molecule has 0 saturated carbocycles. The number of aromatic hydroxyl groups is 1. The Morgan fingerprint density at radius 1 is 1.06 bits per heavy atom. The highest BCUT2D eigenvalue weighted by molar-refractivity contribution is 6.20. The third kappa shape index (κ3) is 1.56. The molecule has 1 aliphatic heterocycles. The van der Waals surface area contributed by atoms with E-state index in [1.165, 1.54) is 4.90 Å². The Hall–Kier alpha value is -1.84. The van der Waals surface area contributed by atoms with Crippen molar-refractivity contribution in [2.45, 2.75) is 26.7 Å². The summed E-state index contributed by atoms with van der Waals surface area (Å²) >= 11 is 0. The van der Waals surface area contributed by atoms with E-state index >= 15 is 0 Å². The number of rotatable bonds is 1. The maximum absolute atomic E-state index is 11.6. The van der Waals surface area contributed by atoms with Crippen LogP contribution in [0.3, 0.4) is 0 Å². The first-order chi connectivity index (χ1) is 7.50. The van der Waals surface area contributed by atoms with Crippen molar-refractivity contribution in [2.75, 3.05) is 4.90 Å². The molecule has 84 valence electrons. The van der Waals surface area contributed by atoms with E-state index in [0.717, 1.165) is 5.56 Å². The molecule has 0 radical (unpaired) electrons. The molecule has 4 heteroatoms. The number of carbonyl (C=O) groups is 2. The van der Waals surface area contributed by atoms with Gasteiger partial charge in [-0.05, 0) is 37.1 Å². The van der Waals surface area contributed by atoms with Crippen molar-refractivity contribution >= 4 is 17.5 Å². The monoisotopic (exact) mass is 219 g/mol. The van der Waals surface area contributed by atoms with Crippen molar-refractivity contribution in [1.82, 2.24) is 0 Å². The molecule has 1 N–H and O–H groups in total. The van der Waals surface area contributed by atoms with Crippen molar-refractivity contribution in [3.05, 3.63) is 23.3 Å². The lowest BCUT2D eigenvalue weighted by Crippen LogP contribution is -2.29. The Labute approximate surface area is 93.5 Å². The van der Waals surface area contributed by atoms with E-state index in [2.05, 4.69) is 0 Å². The molecule has 0 spiro atoms. The van der Waals surface area contributed by atoms with Crippen LogP contribution in [0.15, 0.2) is 12.1 Å². The topological polar surface area (TPSA) is 57.6 Å². The van der Waals surface area contributed by atoms with Gasteiger partial charge in [-0.2, -0.15) is 0 Å². The maximum atomic E-state index is 11.6. The summed E-state index contributed by atoms with van der Waals surface area (Å²) in [6.45, 7) is 3.51. The molecule has 1 aromatic rings. The van der Waals surface area contributed by atoms with Gasteiger partial charge in [-0.25, -0.2) is 0 Å². The van der Waals surface area contributed by atoms with Gasteiger partial charge in [0.1, 0.15) is 5.75 Å². The van der Waals surface area contributed by atoms with Crippen LogP contribution in [-0.4, -0.2) is 16.9 Å². The number of hydrogen-bond acceptors (Lipinski definition) is 3. The number of phenols is 1. The van der Waals surface area contributed by atoms with E-state index in [1.54, 1.807) is 26.0 Å². The van der Waals surface area contributed by atoms with Crippen molar-refractivity contribution in [1.29, 1.82) is 0 Å². The van der Waals surface area contributed by atoms with Crippen molar-refractivity contribution in [2.24, 2.45) is 0 Å². The number of imide groups is 1. The molecule has 1 aliphatic rings. The van der Waals surface area contributed by atoms with Crippen LogP contribution < -0.4 is 4.90 Å². The van der Waals surface area contributed by atoms with Crippen LogP contribution in [0.5, 0.6) is 5.75 Å². The maximum Gasteiger partial charge on any atom is 0.234 e. The second-order valence-corrected chi connectivity index (χ2v) is 4.05. The molecule has 1 saturated heterocycles. The number of anilines is 1. The second kappa shape index (κ2) is 3.63. The van der Waals surface area contributed by atoms with Gasteiger partial charge in [0.2, 0.25) is 11.8 Å². The van der Waals surface area contributed by atoms with Crippen LogP contribution in [0, 0.1) is 13.8 Å². The summed E-state index contributed by atoms with van der Waals surface area (Å²) < 4.78 is 0. The van der Waals surface area contributed by atoms with Crippen LogP contribution in [0.2, 0.25) is 0 Å². The summed E-state index contributed by atoms with van der Waals surface area (Å²) in [6, 6.07) is 3.25. The minimum atomic E-state index is -0.168.